The van der Waals surface area contributed by atoms with E-state index in [1.165, 1.54) is 17.3 Å². The van der Waals surface area contributed by atoms with Crippen molar-refractivity contribution in [3.63, 3.8) is 0 Å². The fourth-order valence-electron chi connectivity index (χ4n) is 0.693. The molecule has 2 nitrogen and oxygen atoms in total. The van der Waals surface area contributed by atoms with Crippen LogP contribution in [0, 0.1) is 0 Å². The number of rotatable bonds is 3. The summed E-state index contributed by atoms with van der Waals surface area (Å²) in [5, 5.41) is 1.36. The first-order valence-corrected chi connectivity index (χ1v) is 5.32. The summed E-state index contributed by atoms with van der Waals surface area (Å²) in [5.41, 5.74) is 7.67. The standard InChI is InChI=1S/C8H8Cl2N2S/c9-4-6(10)5-13-8-7(11)2-1-3-12-8/h1-4H,5,11H2. The van der Waals surface area contributed by atoms with Crippen molar-refractivity contribution in [2.24, 2.45) is 0 Å². The molecule has 5 heteroatoms. The van der Waals surface area contributed by atoms with Gasteiger partial charge < -0.3 is 5.73 Å². The van der Waals surface area contributed by atoms with Crippen LogP contribution in [0.25, 0.3) is 0 Å². The van der Waals surface area contributed by atoms with Gasteiger partial charge in [-0.25, -0.2) is 4.98 Å². The van der Waals surface area contributed by atoms with Crippen molar-refractivity contribution in [1.82, 2.24) is 4.98 Å². The molecule has 2 N–H and O–H groups in total. The molecule has 0 atom stereocenters. The van der Waals surface area contributed by atoms with Gasteiger partial charge in [0.2, 0.25) is 0 Å². The lowest BCUT2D eigenvalue weighted by atomic mass is 10.4. The maximum absolute atomic E-state index is 5.71. The van der Waals surface area contributed by atoms with Crippen LogP contribution in [-0.2, 0) is 0 Å². The molecule has 0 aliphatic rings. The fraction of sp³-hybridized carbons (Fsp3) is 0.125. The van der Waals surface area contributed by atoms with Gasteiger partial charge in [-0.1, -0.05) is 35.0 Å². The summed E-state index contributed by atoms with van der Waals surface area (Å²) in [6.45, 7) is 0. The van der Waals surface area contributed by atoms with E-state index in [0.29, 0.717) is 16.5 Å². The minimum atomic E-state index is 0.580. The molecule has 1 aromatic heterocycles. The van der Waals surface area contributed by atoms with Crippen molar-refractivity contribution in [2.75, 3.05) is 11.5 Å². The predicted octanol–water partition coefficient (Wildman–Crippen LogP) is 3.07. The Morgan fingerprint density at radius 3 is 3.08 bits per heavy atom. The molecule has 0 spiro atoms. The van der Waals surface area contributed by atoms with E-state index in [-0.39, 0.29) is 0 Å². The predicted molar refractivity (Wildman–Crippen MR) is 59.2 cm³/mol. The number of pyridine rings is 1. The monoisotopic (exact) mass is 234 g/mol. The first-order valence-electron chi connectivity index (χ1n) is 3.52. The smallest absolute Gasteiger partial charge is 0.119 e. The number of anilines is 1. The highest BCUT2D eigenvalue weighted by Crippen LogP contribution is 2.24. The van der Waals surface area contributed by atoms with Crippen LogP contribution in [0.3, 0.4) is 0 Å². The second kappa shape index (κ2) is 5.37. The molecule has 0 aliphatic heterocycles. The van der Waals surface area contributed by atoms with E-state index in [1.807, 2.05) is 0 Å². The largest absolute Gasteiger partial charge is 0.397 e. The Morgan fingerprint density at radius 1 is 1.69 bits per heavy atom. The third-order valence-electron chi connectivity index (χ3n) is 1.27. The summed E-state index contributed by atoms with van der Waals surface area (Å²) < 4.78 is 0. The van der Waals surface area contributed by atoms with E-state index >= 15 is 0 Å². The van der Waals surface area contributed by atoms with Gasteiger partial charge in [0.05, 0.1) is 5.69 Å². The molecule has 1 heterocycles. The molecular weight excluding hydrogens is 227 g/mol. The van der Waals surface area contributed by atoms with Gasteiger partial charge >= 0.3 is 0 Å². The average molecular weight is 235 g/mol. The molecule has 1 rings (SSSR count). The van der Waals surface area contributed by atoms with Crippen molar-refractivity contribution in [1.29, 1.82) is 0 Å². The number of hydrogen-bond donors (Lipinski definition) is 1. The molecule has 70 valence electrons. The van der Waals surface area contributed by atoms with Gasteiger partial charge in [0.25, 0.3) is 0 Å². The normalized spacial score (nSPS) is 11.7. The van der Waals surface area contributed by atoms with Crippen molar-refractivity contribution in [3.8, 4) is 0 Å². The average Bonchev–Trinajstić information content (AvgIpc) is 2.16. The van der Waals surface area contributed by atoms with Crippen LogP contribution < -0.4 is 5.73 Å². The van der Waals surface area contributed by atoms with Crippen LogP contribution in [0.4, 0.5) is 5.69 Å². The minimum Gasteiger partial charge on any atom is -0.397 e. The van der Waals surface area contributed by atoms with Gasteiger partial charge in [0, 0.05) is 22.5 Å². The Kier molecular flexibility index (Phi) is 4.42. The minimum absolute atomic E-state index is 0.580. The van der Waals surface area contributed by atoms with Gasteiger partial charge in [-0.15, -0.1) is 0 Å². The number of nitrogens with two attached hydrogens (primary N) is 1. The Hall–Kier alpha value is -0.380. The van der Waals surface area contributed by atoms with Gasteiger partial charge in [0.1, 0.15) is 5.03 Å². The number of thioether (sulfide) groups is 1. The lowest BCUT2D eigenvalue weighted by Crippen LogP contribution is -1.91. The first-order chi connectivity index (χ1) is 6.24. The second-order valence-electron chi connectivity index (χ2n) is 2.24. The van der Waals surface area contributed by atoms with Crippen molar-refractivity contribution >= 4 is 40.7 Å². The third-order valence-corrected chi connectivity index (χ3v) is 3.11. The molecule has 0 radical (unpaired) electrons. The number of halogens is 2. The van der Waals surface area contributed by atoms with Crippen LogP contribution in [-0.4, -0.2) is 10.7 Å². The van der Waals surface area contributed by atoms with E-state index in [0.717, 1.165) is 5.03 Å². The van der Waals surface area contributed by atoms with E-state index < -0.39 is 0 Å². The van der Waals surface area contributed by atoms with Crippen molar-refractivity contribution in [2.45, 2.75) is 5.03 Å². The number of nitrogen functional groups attached to an aromatic ring is 1. The van der Waals surface area contributed by atoms with Crippen molar-refractivity contribution in [3.05, 3.63) is 28.9 Å². The Bertz CT molecular complexity index is 315. The van der Waals surface area contributed by atoms with Gasteiger partial charge in [-0.2, -0.15) is 0 Å². The maximum atomic E-state index is 5.71. The zero-order valence-electron chi connectivity index (χ0n) is 6.71. The molecule has 13 heavy (non-hydrogen) atoms. The summed E-state index contributed by atoms with van der Waals surface area (Å²) >= 11 is 12.6. The summed E-state index contributed by atoms with van der Waals surface area (Å²) in [6.07, 6.45) is 1.69. The Morgan fingerprint density at radius 2 is 2.46 bits per heavy atom. The molecule has 0 fully saturated rings. The van der Waals surface area contributed by atoms with Crippen LogP contribution in [0.2, 0.25) is 0 Å². The fourth-order valence-corrected chi connectivity index (χ4v) is 1.75. The Labute approximate surface area is 91.1 Å². The highest BCUT2D eigenvalue weighted by molar-refractivity contribution is 7.99. The van der Waals surface area contributed by atoms with Crippen LogP contribution >= 0.6 is 35.0 Å². The zero-order valence-corrected chi connectivity index (χ0v) is 9.03. The topological polar surface area (TPSA) is 38.9 Å². The quantitative estimate of drug-likeness (QED) is 0.818. The van der Waals surface area contributed by atoms with E-state index in [1.54, 1.807) is 18.3 Å². The maximum Gasteiger partial charge on any atom is 0.119 e. The molecule has 1 aromatic rings. The van der Waals surface area contributed by atoms with Gasteiger partial charge in [-0.05, 0) is 12.1 Å². The van der Waals surface area contributed by atoms with Gasteiger partial charge in [-0.3, -0.25) is 0 Å². The summed E-state index contributed by atoms with van der Waals surface area (Å²) in [6, 6.07) is 3.59. The molecule has 0 bridgehead atoms. The molecule has 0 aromatic carbocycles. The number of hydrogen-bond acceptors (Lipinski definition) is 3. The van der Waals surface area contributed by atoms with E-state index in [9.17, 15) is 0 Å². The summed E-state index contributed by atoms with van der Waals surface area (Å²) in [5.74, 6) is 0.590. The number of aromatic nitrogens is 1. The molecule has 0 unspecified atom stereocenters. The SMILES string of the molecule is Nc1cccnc1SCC(Cl)=CCl. The van der Waals surface area contributed by atoms with Crippen LogP contribution in [0.15, 0.2) is 33.9 Å². The molecule has 0 saturated heterocycles. The van der Waals surface area contributed by atoms with Gasteiger partial charge in [0.15, 0.2) is 0 Å². The summed E-state index contributed by atoms with van der Waals surface area (Å²) in [7, 11) is 0. The van der Waals surface area contributed by atoms with Crippen LogP contribution in [0.5, 0.6) is 0 Å². The zero-order chi connectivity index (χ0) is 9.68. The van der Waals surface area contributed by atoms with E-state index in [2.05, 4.69) is 4.98 Å². The first kappa shape index (κ1) is 10.7. The Balaban J connectivity index is 2.60. The number of nitrogens with zero attached hydrogens (tertiary/aromatic N) is 1. The summed E-state index contributed by atoms with van der Waals surface area (Å²) in [4.78, 5) is 4.09. The highest BCUT2D eigenvalue weighted by atomic mass is 35.5. The lowest BCUT2D eigenvalue weighted by molar-refractivity contribution is 1.14. The highest BCUT2D eigenvalue weighted by Gasteiger charge is 2.00. The molecule has 0 saturated carbocycles. The second-order valence-corrected chi connectivity index (χ2v) is 3.91. The van der Waals surface area contributed by atoms with Crippen molar-refractivity contribution < 1.29 is 0 Å². The molecule has 0 amide bonds. The van der Waals surface area contributed by atoms with Crippen LogP contribution in [0.1, 0.15) is 0 Å². The van der Waals surface area contributed by atoms with E-state index in [4.69, 9.17) is 28.9 Å². The molecular formula is C8H8Cl2N2S. The molecule has 0 aliphatic carbocycles. The lowest BCUT2D eigenvalue weighted by Gasteiger charge is -2.01. The third kappa shape index (κ3) is 3.46.